The maximum atomic E-state index is 12.0. The molecule has 0 aliphatic carbocycles. The monoisotopic (exact) mass is 625 g/mol. The van der Waals surface area contributed by atoms with Gasteiger partial charge in [-0.05, 0) is 47.5 Å². The van der Waals surface area contributed by atoms with Gasteiger partial charge >= 0.3 is 0 Å². The van der Waals surface area contributed by atoms with Crippen molar-refractivity contribution in [1.82, 2.24) is 19.5 Å². The Kier molecular flexibility index (Phi) is 9.80. The van der Waals surface area contributed by atoms with Gasteiger partial charge in [-0.3, -0.25) is 9.36 Å². The van der Waals surface area contributed by atoms with Crippen molar-refractivity contribution >= 4 is 40.2 Å². The summed E-state index contributed by atoms with van der Waals surface area (Å²) in [6.45, 7) is 5.67. The summed E-state index contributed by atoms with van der Waals surface area (Å²) >= 11 is 0. The predicted octanol–water partition coefficient (Wildman–Crippen LogP) is 6.92. The molecule has 0 spiro atoms. The number of aromatic nitrogens is 4. The summed E-state index contributed by atoms with van der Waals surface area (Å²) in [5, 5.41) is 6.22. The molecule has 0 aliphatic rings. The molecule has 0 atom stereocenters. The van der Waals surface area contributed by atoms with Gasteiger partial charge < -0.3 is 25.0 Å². The second kappa shape index (κ2) is 14.9. The Morgan fingerprint density at radius 2 is 1.55 bits per heavy atom. The maximum Gasteiger partial charge on any atom is 0.247 e. The third-order valence-electron chi connectivity index (χ3n) is 7.33. The van der Waals surface area contributed by atoms with Crippen LogP contribution in [0.5, 0.6) is 5.75 Å². The van der Waals surface area contributed by atoms with Crippen LogP contribution in [0.4, 0.5) is 23.1 Å². The number of methoxy groups -OCH3 is 1. The fourth-order valence-corrected chi connectivity index (χ4v) is 5.13. The topological polar surface area (TPSA) is 106 Å². The van der Waals surface area contributed by atoms with Crippen LogP contribution in [0.15, 0.2) is 128 Å². The number of carbonyl (C=O) groups excluding carboxylic acids is 1. The van der Waals surface area contributed by atoms with Gasteiger partial charge in [-0.15, -0.1) is 0 Å². The van der Waals surface area contributed by atoms with Crippen molar-refractivity contribution in [3.8, 4) is 11.4 Å². The highest BCUT2D eigenvalue weighted by atomic mass is 16.5. The molecule has 47 heavy (non-hydrogen) atoms. The number of amides is 1. The van der Waals surface area contributed by atoms with Crippen molar-refractivity contribution in [1.29, 1.82) is 0 Å². The van der Waals surface area contributed by atoms with Crippen molar-refractivity contribution in [3.63, 3.8) is 0 Å². The first-order chi connectivity index (χ1) is 23.1. The number of anilines is 4. The van der Waals surface area contributed by atoms with E-state index in [0.29, 0.717) is 60.7 Å². The SMILES string of the molecule is C=CC(=O)Nc1cccc(-n2cnc3c(N(Cc4ccccc4)Cc4ccccc4)nc(Nc4cccc(OCCOC)c4)nc32)c1. The highest BCUT2D eigenvalue weighted by Gasteiger charge is 2.21. The van der Waals surface area contributed by atoms with E-state index in [0.717, 1.165) is 22.5 Å². The molecule has 2 N–H and O–H groups in total. The van der Waals surface area contributed by atoms with E-state index in [2.05, 4.69) is 46.4 Å². The highest BCUT2D eigenvalue weighted by Crippen LogP contribution is 2.31. The molecular weight excluding hydrogens is 590 g/mol. The first kappa shape index (κ1) is 31.0. The minimum absolute atomic E-state index is 0.292. The van der Waals surface area contributed by atoms with Gasteiger partial charge in [0.1, 0.15) is 18.7 Å². The number of hydrogen-bond donors (Lipinski definition) is 2. The van der Waals surface area contributed by atoms with Crippen LogP contribution < -0.4 is 20.3 Å². The second-order valence-electron chi connectivity index (χ2n) is 10.7. The van der Waals surface area contributed by atoms with Crippen molar-refractivity contribution in [3.05, 3.63) is 139 Å². The minimum Gasteiger partial charge on any atom is -0.491 e. The van der Waals surface area contributed by atoms with E-state index in [9.17, 15) is 4.79 Å². The predicted molar refractivity (Wildman–Crippen MR) is 185 cm³/mol. The number of hydrogen-bond acceptors (Lipinski definition) is 8. The summed E-state index contributed by atoms with van der Waals surface area (Å²) in [4.78, 5) is 29.1. The lowest BCUT2D eigenvalue weighted by atomic mass is 10.1. The van der Waals surface area contributed by atoms with E-state index in [1.165, 1.54) is 6.08 Å². The lowest BCUT2D eigenvalue weighted by Crippen LogP contribution is -2.24. The molecule has 6 aromatic rings. The number of benzene rings is 4. The summed E-state index contributed by atoms with van der Waals surface area (Å²) in [7, 11) is 1.64. The largest absolute Gasteiger partial charge is 0.491 e. The average Bonchev–Trinajstić information content (AvgIpc) is 3.53. The van der Waals surface area contributed by atoms with Crippen LogP contribution in [-0.4, -0.2) is 45.7 Å². The van der Waals surface area contributed by atoms with Crippen molar-refractivity contribution in [2.24, 2.45) is 0 Å². The molecule has 2 aromatic heterocycles. The first-order valence-electron chi connectivity index (χ1n) is 15.2. The Bertz CT molecular complexity index is 1920. The zero-order valence-electron chi connectivity index (χ0n) is 26.0. The van der Waals surface area contributed by atoms with Gasteiger partial charge in [0.05, 0.1) is 12.3 Å². The molecular formula is C37H35N7O3. The Labute approximate surface area is 273 Å². The number of fused-ring (bicyclic) bond motifs is 1. The quantitative estimate of drug-likeness (QED) is 0.0993. The third-order valence-corrected chi connectivity index (χ3v) is 7.33. The van der Waals surface area contributed by atoms with Crippen LogP contribution in [0.1, 0.15) is 11.1 Å². The first-order valence-corrected chi connectivity index (χ1v) is 15.2. The summed E-state index contributed by atoms with van der Waals surface area (Å²) < 4.78 is 12.9. The van der Waals surface area contributed by atoms with Gasteiger partial charge in [0.15, 0.2) is 17.0 Å². The van der Waals surface area contributed by atoms with Gasteiger partial charge in [-0.1, -0.05) is 79.4 Å². The smallest absolute Gasteiger partial charge is 0.247 e. The van der Waals surface area contributed by atoms with E-state index in [1.807, 2.05) is 89.5 Å². The van der Waals surface area contributed by atoms with Crippen LogP contribution in [-0.2, 0) is 22.6 Å². The number of carbonyl (C=O) groups is 1. The molecule has 2 heterocycles. The summed E-state index contributed by atoms with van der Waals surface area (Å²) in [5.74, 6) is 1.48. The molecule has 10 nitrogen and oxygen atoms in total. The summed E-state index contributed by atoms with van der Waals surface area (Å²) in [6, 6.07) is 35.7. The number of rotatable bonds is 14. The molecule has 6 rings (SSSR count). The lowest BCUT2D eigenvalue weighted by molar-refractivity contribution is -0.111. The summed E-state index contributed by atoms with van der Waals surface area (Å²) in [5.41, 5.74) is 5.68. The van der Waals surface area contributed by atoms with Gasteiger partial charge in [0, 0.05) is 37.6 Å². The van der Waals surface area contributed by atoms with Crippen molar-refractivity contribution in [2.75, 3.05) is 35.9 Å². The molecule has 10 heteroatoms. The molecule has 4 aromatic carbocycles. The van der Waals surface area contributed by atoms with Crippen LogP contribution in [0.3, 0.4) is 0 Å². The van der Waals surface area contributed by atoms with Crippen LogP contribution >= 0.6 is 0 Å². The summed E-state index contributed by atoms with van der Waals surface area (Å²) in [6.07, 6.45) is 2.97. The molecule has 0 unspecified atom stereocenters. The van der Waals surface area contributed by atoms with E-state index >= 15 is 0 Å². The Morgan fingerprint density at radius 1 is 0.851 bits per heavy atom. The molecule has 0 saturated carbocycles. The normalized spacial score (nSPS) is 10.8. The standard InChI is InChI=1S/C37H35N7O3/c1-3-33(45)39-29-16-10-18-31(22-29)44-26-38-34-35(43(24-27-12-6-4-7-13-27)25-28-14-8-5-9-15-28)41-37(42-36(34)44)40-30-17-11-19-32(23-30)47-21-20-46-2/h3-19,22-23,26H,1,20-21,24-25H2,2H3,(H,39,45)(H,40,41,42). The van der Waals surface area contributed by atoms with E-state index < -0.39 is 0 Å². The molecule has 236 valence electrons. The number of nitrogens with zero attached hydrogens (tertiary/aromatic N) is 5. The van der Waals surface area contributed by atoms with E-state index in [-0.39, 0.29) is 5.91 Å². The molecule has 0 fully saturated rings. The second-order valence-corrected chi connectivity index (χ2v) is 10.7. The highest BCUT2D eigenvalue weighted by molar-refractivity contribution is 5.99. The molecule has 0 saturated heterocycles. The fourth-order valence-electron chi connectivity index (χ4n) is 5.13. The molecule has 0 radical (unpaired) electrons. The Hall–Kier alpha value is -6.00. The van der Waals surface area contributed by atoms with E-state index in [4.69, 9.17) is 24.4 Å². The lowest BCUT2D eigenvalue weighted by Gasteiger charge is -2.25. The molecule has 0 aliphatic heterocycles. The zero-order valence-corrected chi connectivity index (χ0v) is 26.0. The maximum absolute atomic E-state index is 12.0. The van der Waals surface area contributed by atoms with Gasteiger partial charge in [-0.2, -0.15) is 9.97 Å². The Morgan fingerprint density at radius 3 is 2.26 bits per heavy atom. The van der Waals surface area contributed by atoms with Crippen LogP contribution in [0, 0.1) is 0 Å². The third kappa shape index (κ3) is 7.81. The number of nitrogens with one attached hydrogen (secondary N) is 2. The molecule has 1 amide bonds. The molecule has 0 bridgehead atoms. The zero-order chi connectivity index (χ0) is 32.4. The van der Waals surface area contributed by atoms with Gasteiger partial charge in [0.2, 0.25) is 11.9 Å². The number of ether oxygens (including phenoxy) is 2. The van der Waals surface area contributed by atoms with Gasteiger partial charge in [-0.25, -0.2) is 4.98 Å². The number of imidazole rings is 1. The van der Waals surface area contributed by atoms with Crippen molar-refractivity contribution < 1.29 is 14.3 Å². The van der Waals surface area contributed by atoms with E-state index in [1.54, 1.807) is 13.4 Å². The van der Waals surface area contributed by atoms with Crippen molar-refractivity contribution in [2.45, 2.75) is 13.1 Å². The fraction of sp³-hybridized carbons (Fsp3) is 0.135. The van der Waals surface area contributed by atoms with Gasteiger partial charge in [0.25, 0.3) is 0 Å². The van der Waals surface area contributed by atoms with Crippen LogP contribution in [0.2, 0.25) is 0 Å². The van der Waals surface area contributed by atoms with Crippen LogP contribution in [0.25, 0.3) is 16.9 Å². The Balaban J connectivity index is 1.46. The average molecular weight is 626 g/mol. The minimum atomic E-state index is -0.292.